The van der Waals surface area contributed by atoms with Crippen molar-refractivity contribution in [3.8, 4) is 0 Å². The molecule has 1 aliphatic rings. The lowest BCUT2D eigenvalue weighted by Crippen LogP contribution is -2.47. The lowest BCUT2D eigenvalue weighted by atomic mass is 10.1. The first-order valence-electron chi connectivity index (χ1n) is 6.79. The Kier molecular flexibility index (Phi) is 4.72. The van der Waals surface area contributed by atoms with Gasteiger partial charge in [0.1, 0.15) is 0 Å². The van der Waals surface area contributed by atoms with Crippen molar-refractivity contribution in [1.29, 1.82) is 0 Å². The summed E-state index contributed by atoms with van der Waals surface area (Å²) in [5.41, 5.74) is 6.58. The predicted molar refractivity (Wildman–Crippen MR) is 74.3 cm³/mol. The van der Waals surface area contributed by atoms with Crippen LogP contribution < -0.4 is 10.6 Å². The number of carbonyl (C=O) groups is 1. The molecule has 1 aromatic carbocycles. The quantitative estimate of drug-likeness (QED) is 0.923. The monoisotopic (exact) mass is 301 g/mol. The molecule has 2 N–H and O–H groups in total. The van der Waals surface area contributed by atoms with Crippen LogP contribution in [0.2, 0.25) is 0 Å². The van der Waals surface area contributed by atoms with Crippen LogP contribution in [0.15, 0.2) is 24.3 Å². The van der Waals surface area contributed by atoms with E-state index in [0.717, 1.165) is 5.69 Å². The second-order valence-electron chi connectivity index (χ2n) is 5.10. The predicted octanol–water partition coefficient (Wildman–Crippen LogP) is 1.86. The summed E-state index contributed by atoms with van der Waals surface area (Å²) < 4.78 is 36.5. The minimum absolute atomic E-state index is 0.0535. The van der Waals surface area contributed by atoms with Crippen molar-refractivity contribution in [3.05, 3.63) is 29.8 Å². The van der Waals surface area contributed by atoms with Gasteiger partial charge in [0.2, 0.25) is 5.91 Å². The van der Waals surface area contributed by atoms with Crippen LogP contribution in [0.4, 0.5) is 18.9 Å². The van der Waals surface area contributed by atoms with Crippen molar-refractivity contribution >= 4 is 11.6 Å². The summed E-state index contributed by atoms with van der Waals surface area (Å²) in [5.74, 6) is -0.474. The van der Waals surface area contributed by atoms with Gasteiger partial charge in [0.05, 0.1) is 6.42 Å². The van der Waals surface area contributed by atoms with Crippen molar-refractivity contribution in [2.45, 2.75) is 12.6 Å². The molecule has 0 aliphatic carbocycles. The molecule has 0 atom stereocenters. The van der Waals surface area contributed by atoms with Crippen molar-refractivity contribution < 1.29 is 18.0 Å². The number of nitrogens with zero attached hydrogens (tertiary/aromatic N) is 2. The third kappa shape index (κ3) is 4.63. The molecule has 1 saturated heterocycles. The second-order valence-corrected chi connectivity index (χ2v) is 5.10. The normalized spacial score (nSPS) is 17.0. The third-order valence-corrected chi connectivity index (χ3v) is 3.60. The van der Waals surface area contributed by atoms with Crippen LogP contribution in [0.3, 0.4) is 0 Å². The Bertz CT molecular complexity index is 479. The highest BCUT2D eigenvalue weighted by Crippen LogP contribution is 2.21. The van der Waals surface area contributed by atoms with Crippen LogP contribution in [0.5, 0.6) is 0 Å². The molecule has 21 heavy (non-hydrogen) atoms. The molecule has 0 aromatic heterocycles. The molecule has 0 saturated carbocycles. The number of hydrogen-bond acceptors (Lipinski definition) is 3. The highest BCUT2D eigenvalue weighted by Gasteiger charge is 2.28. The topological polar surface area (TPSA) is 49.6 Å². The standard InChI is InChI=1S/C14H18F3N3O/c15-14(16,17)5-6-19-7-9-20(10-8-19)12-3-1-11(2-4-12)13(18)21/h1-4H,5-10H2,(H2,18,21). The molecule has 1 amide bonds. The molecule has 1 fully saturated rings. The van der Waals surface area contributed by atoms with E-state index in [1.54, 1.807) is 12.1 Å². The SMILES string of the molecule is NC(=O)c1ccc(N2CCN(CCC(F)(F)F)CC2)cc1. The zero-order valence-corrected chi connectivity index (χ0v) is 11.6. The third-order valence-electron chi connectivity index (χ3n) is 3.60. The Hall–Kier alpha value is -1.76. The molecule has 2 rings (SSSR count). The summed E-state index contributed by atoms with van der Waals surface area (Å²) in [4.78, 5) is 14.9. The molecular weight excluding hydrogens is 283 g/mol. The maximum atomic E-state index is 12.2. The number of hydrogen-bond donors (Lipinski definition) is 1. The van der Waals surface area contributed by atoms with Crippen molar-refractivity contribution in [3.63, 3.8) is 0 Å². The average molecular weight is 301 g/mol. The van der Waals surface area contributed by atoms with Gasteiger partial charge in [0.25, 0.3) is 0 Å². The van der Waals surface area contributed by atoms with E-state index in [4.69, 9.17) is 5.73 Å². The van der Waals surface area contributed by atoms with Crippen LogP contribution in [-0.2, 0) is 0 Å². The van der Waals surface area contributed by atoms with Gasteiger partial charge in [-0.05, 0) is 24.3 Å². The van der Waals surface area contributed by atoms with Gasteiger partial charge in [-0.1, -0.05) is 0 Å². The Balaban J connectivity index is 1.84. The van der Waals surface area contributed by atoms with Crippen LogP contribution in [0.1, 0.15) is 16.8 Å². The smallest absolute Gasteiger partial charge is 0.369 e. The maximum absolute atomic E-state index is 12.2. The minimum Gasteiger partial charge on any atom is -0.369 e. The highest BCUT2D eigenvalue weighted by molar-refractivity contribution is 5.93. The number of benzene rings is 1. The van der Waals surface area contributed by atoms with Crippen LogP contribution in [-0.4, -0.2) is 49.7 Å². The van der Waals surface area contributed by atoms with Gasteiger partial charge in [-0.15, -0.1) is 0 Å². The highest BCUT2D eigenvalue weighted by atomic mass is 19.4. The minimum atomic E-state index is -4.10. The number of halogens is 3. The van der Waals surface area contributed by atoms with Crippen LogP contribution in [0, 0.1) is 0 Å². The summed E-state index contributed by atoms with van der Waals surface area (Å²) >= 11 is 0. The van der Waals surface area contributed by atoms with E-state index in [-0.39, 0.29) is 6.54 Å². The molecule has 1 aliphatic heterocycles. The van der Waals surface area contributed by atoms with E-state index in [1.165, 1.54) is 0 Å². The fraction of sp³-hybridized carbons (Fsp3) is 0.500. The number of anilines is 1. The first kappa shape index (κ1) is 15.6. The van der Waals surface area contributed by atoms with E-state index in [2.05, 4.69) is 4.90 Å². The average Bonchev–Trinajstić information content (AvgIpc) is 2.45. The summed E-state index contributed by atoms with van der Waals surface area (Å²) in [5, 5.41) is 0. The first-order valence-corrected chi connectivity index (χ1v) is 6.79. The van der Waals surface area contributed by atoms with Crippen LogP contribution in [0.25, 0.3) is 0 Å². The van der Waals surface area contributed by atoms with Gasteiger partial charge in [0, 0.05) is 44.0 Å². The zero-order chi connectivity index (χ0) is 15.5. The summed E-state index contributed by atoms with van der Waals surface area (Å²) in [6.07, 6.45) is -4.86. The largest absolute Gasteiger partial charge is 0.390 e. The Morgan fingerprint density at radius 3 is 2.14 bits per heavy atom. The molecule has 0 radical (unpaired) electrons. The van der Waals surface area contributed by atoms with Crippen molar-refractivity contribution in [2.75, 3.05) is 37.6 Å². The first-order chi connectivity index (χ1) is 9.85. The zero-order valence-electron chi connectivity index (χ0n) is 11.6. The fourth-order valence-electron chi connectivity index (χ4n) is 2.35. The van der Waals surface area contributed by atoms with Gasteiger partial charge < -0.3 is 10.6 Å². The number of rotatable bonds is 4. The van der Waals surface area contributed by atoms with E-state index in [0.29, 0.717) is 31.7 Å². The van der Waals surface area contributed by atoms with E-state index >= 15 is 0 Å². The lowest BCUT2D eigenvalue weighted by Gasteiger charge is -2.36. The van der Waals surface area contributed by atoms with Gasteiger partial charge in [0.15, 0.2) is 0 Å². The van der Waals surface area contributed by atoms with E-state index < -0.39 is 18.5 Å². The summed E-state index contributed by atoms with van der Waals surface area (Å²) in [6.45, 7) is 2.61. The fourth-order valence-corrected chi connectivity index (χ4v) is 2.35. The van der Waals surface area contributed by atoms with Crippen molar-refractivity contribution in [1.82, 2.24) is 4.90 Å². The molecule has 7 heteroatoms. The van der Waals surface area contributed by atoms with Crippen molar-refractivity contribution in [2.24, 2.45) is 5.73 Å². The second kappa shape index (κ2) is 6.34. The summed E-state index contributed by atoms with van der Waals surface area (Å²) in [6, 6.07) is 6.94. The Labute approximate surface area is 121 Å². The number of primary amides is 1. The molecule has 1 aromatic rings. The molecule has 0 spiro atoms. The van der Waals surface area contributed by atoms with E-state index in [9.17, 15) is 18.0 Å². The molecule has 116 valence electrons. The summed E-state index contributed by atoms with van der Waals surface area (Å²) in [7, 11) is 0. The lowest BCUT2D eigenvalue weighted by molar-refractivity contribution is -0.138. The Morgan fingerprint density at radius 1 is 1.10 bits per heavy atom. The number of nitrogens with two attached hydrogens (primary N) is 1. The molecule has 4 nitrogen and oxygen atoms in total. The van der Waals surface area contributed by atoms with E-state index in [1.807, 2.05) is 17.0 Å². The molecule has 0 unspecified atom stereocenters. The Morgan fingerprint density at radius 2 is 1.67 bits per heavy atom. The molecule has 1 heterocycles. The molecular formula is C14H18F3N3O. The van der Waals surface area contributed by atoms with Gasteiger partial charge >= 0.3 is 6.18 Å². The van der Waals surface area contributed by atoms with Crippen LogP contribution >= 0.6 is 0 Å². The number of alkyl halides is 3. The number of amides is 1. The number of piperazine rings is 1. The van der Waals surface area contributed by atoms with Gasteiger partial charge in [-0.2, -0.15) is 13.2 Å². The van der Waals surface area contributed by atoms with Gasteiger partial charge in [-0.25, -0.2) is 0 Å². The molecule has 0 bridgehead atoms. The van der Waals surface area contributed by atoms with Gasteiger partial charge in [-0.3, -0.25) is 9.69 Å². The number of carbonyl (C=O) groups excluding carboxylic acids is 1. The maximum Gasteiger partial charge on any atom is 0.390 e.